The van der Waals surface area contributed by atoms with Gasteiger partial charge in [-0.25, -0.2) is 0 Å². The lowest BCUT2D eigenvalue weighted by Gasteiger charge is -2.06. The zero-order valence-corrected chi connectivity index (χ0v) is 8.68. The lowest BCUT2D eigenvalue weighted by Crippen LogP contribution is -2.29. The molecule has 0 fully saturated rings. The van der Waals surface area contributed by atoms with E-state index < -0.39 is 18.3 Å². The van der Waals surface area contributed by atoms with E-state index in [-0.39, 0.29) is 0 Å². The molecule has 0 aliphatic rings. The number of para-hydroxylation sites is 1. The van der Waals surface area contributed by atoms with E-state index in [1.165, 1.54) is 0 Å². The maximum atomic E-state index is 10.9. The molecule has 0 aliphatic heterocycles. The zero-order chi connectivity index (χ0) is 11.8. The number of ether oxygens (including phenoxy) is 1. The molecule has 1 amide bonds. The molecule has 2 N–H and O–H groups in total. The van der Waals surface area contributed by atoms with Crippen molar-refractivity contribution < 1.29 is 19.4 Å². The quantitative estimate of drug-likeness (QED) is 0.548. The van der Waals surface area contributed by atoms with E-state index in [1.54, 1.807) is 12.1 Å². The predicted molar refractivity (Wildman–Crippen MR) is 57.2 cm³/mol. The van der Waals surface area contributed by atoms with Crippen molar-refractivity contribution in [2.75, 3.05) is 13.2 Å². The minimum absolute atomic E-state index is 0.293. The van der Waals surface area contributed by atoms with Crippen LogP contribution in [0.25, 0.3) is 0 Å². The van der Waals surface area contributed by atoms with Gasteiger partial charge in [-0.05, 0) is 12.1 Å². The zero-order valence-electron chi connectivity index (χ0n) is 8.68. The van der Waals surface area contributed by atoms with E-state index in [4.69, 9.17) is 9.84 Å². The summed E-state index contributed by atoms with van der Waals surface area (Å²) in [5.41, 5.74) is 0. The lowest BCUT2D eigenvalue weighted by atomic mass is 10.3. The first-order valence-corrected chi connectivity index (χ1v) is 4.85. The number of rotatable bonds is 6. The van der Waals surface area contributed by atoms with Crippen LogP contribution in [0, 0.1) is 0 Å². The first-order chi connectivity index (χ1) is 7.68. The summed E-state index contributed by atoms with van der Waals surface area (Å²) in [6.45, 7) is 0.608. The van der Waals surface area contributed by atoms with Crippen LogP contribution in [0.3, 0.4) is 0 Å². The molecule has 0 spiro atoms. The summed E-state index contributed by atoms with van der Waals surface area (Å²) in [7, 11) is 0. The first kappa shape index (κ1) is 12.0. The first-order valence-electron chi connectivity index (χ1n) is 4.85. The van der Waals surface area contributed by atoms with Crippen LogP contribution >= 0.6 is 0 Å². The van der Waals surface area contributed by atoms with Gasteiger partial charge >= 0.3 is 5.97 Å². The topological polar surface area (TPSA) is 75.6 Å². The number of carboxylic acid groups (broad SMARTS) is 1. The highest BCUT2D eigenvalue weighted by atomic mass is 16.5. The van der Waals surface area contributed by atoms with E-state index >= 15 is 0 Å². The van der Waals surface area contributed by atoms with E-state index in [1.807, 2.05) is 18.2 Å². The SMILES string of the molecule is O=C(O)CC(=O)NCCOc1ccccc1. The molecule has 1 aromatic carbocycles. The Kier molecular flexibility index (Phi) is 4.85. The highest BCUT2D eigenvalue weighted by molar-refractivity contribution is 5.93. The third-order valence-corrected chi connectivity index (χ3v) is 1.75. The van der Waals surface area contributed by atoms with E-state index in [9.17, 15) is 9.59 Å². The van der Waals surface area contributed by atoms with Crippen LogP contribution in [-0.2, 0) is 9.59 Å². The highest BCUT2D eigenvalue weighted by Crippen LogP contribution is 2.07. The van der Waals surface area contributed by atoms with Crippen LogP contribution in [0.4, 0.5) is 0 Å². The van der Waals surface area contributed by atoms with Crippen LogP contribution < -0.4 is 10.1 Å². The van der Waals surface area contributed by atoms with Crippen molar-refractivity contribution >= 4 is 11.9 Å². The van der Waals surface area contributed by atoms with Gasteiger partial charge in [0.25, 0.3) is 0 Å². The van der Waals surface area contributed by atoms with Crippen LogP contribution in [0.2, 0.25) is 0 Å². The lowest BCUT2D eigenvalue weighted by molar-refractivity contribution is -0.140. The average molecular weight is 223 g/mol. The molecule has 1 rings (SSSR count). The third kappa shape index (κ3) is 4.99. The van der Waals surface area contributed by atoms with Crippen molar-refractivity contribution in [1.82, 2.24) is 5.32 Å². The van der Waals surface area contributed by atoms with Gasteiger partial charge in [-0.1, -0.05) is 18.2 Å². The summed E-state index contributed by atoms with van der Waals surface area (Å²) in [5, 5.41) is 10.8. The number of nitrogens with one attached hydrogen (secondary N) is 1. The normalized spacial score (nSPS) is 9.50. The maximum Gasteiger partial charge on any atom is 0.312 e. The van der Waals surface area contributed by atoms with Crippen LogP contribution in [-0.4, -0.2) is 30.1 Å². The van der Waals surface area contributed by atoms with E-state index in [2.05, 4.69) is 5.32 Å². The summed E-state index contributed by atoms with van der Waals surface area (Å²) < 4.78 is 5.30. The second kappa shape index (κ2) is 6.44. The molecule has 0 aliphatic carbocycles. The van der Waals surface area contributed by atoms with E-state index in [0.717, 1.165) is 5.75 Å². The molecular weight excluding hydrogens is 210 g/mol. The summed E-state index contributed by atoms with van der Waals surface area (Å²) >= 11 is 0. The fourth-order valence-corrected chi connectivity index (χ4v) is 1.08. The molecule has 0 radical (unpaired) electrons. The maximum absolute atomic E-state index is 10.9. The summed E-state index contributed by atoms with van der Waals surface area (Å²) in [6.07, 6.45) is -0.509. The van der Waals surface area contributed by atoms with Gasteiger partial charge in [0.2, 0.25) is 5.91 Å². The molecule has 16 heavy (non-hydrogen) atoms. The number of carboxylic acids is 1. The monoisotopic (exact) mass is 223 g/mol. The molecule has 0 saturated carbocycles. The van der Waals surface area contributed by atoms with Crippen molar-refractivity contribution in [3.63, 3.8) is 0 Å². The summed E-state index contributed by atoms with van der Waals surface area (Å²) in [5.74, 6) is -0.930. The number of amides is 1. The van der Waals surface area contributed by atoms with Gasteiger partial charge in [0, 0.05) is 0 Å². The van der Waals surface area contributed by atoms with Gasteiger partial charge in [-0.2, -0.15) is 0 Å². The fraction of sp³-hybridized carbons (Fsp3) is 0.273. The molecule has 5 nitrogen and oxygen atoms in total. The molecule has 0 unspecified atom stereocenters. The Bertz CT molecular complexity index is 350. The fourth-order valence-electron chi connectivity index (χ4n) is 1.08. The van der Waals surface area contributed by atoms with Gasteiger partial charge in [0.15, 0.2) is 0 Å². The predicted octanol–water partition coefficient (Wildman–Crippen LogP) is 0.656. The molecule has 5 heteroatoms. The number of aliphatic carboxylic acids is 1. The molecule has 0 aromatic heterocycles. The number of benzene rings is 1. The largest absolute Gasteiger partial charge is 0.492 e. The second-order valence-corrected chi connectivity index (χ2v) is 3.08. The Morgan fingerprint density at radius 3 is 2.56 bits per heavy atom. The number of hydrogen-bond donors (Lipinski definition) is 2. The van der Waals surface area contributed by atoms with Crippen LogP contribution in [0.1, 0.15) is 6.42 Å². The third-order valence-electron chi connectivity index (χ3n) is 1.75. The van der Waals surface area contributed by atoms with Crippen molar-refractivity contribution in [2.24, 2.45) is 0 Å². The van der Waals surface area contributed by atoms with Gasteiger partial charge in [0.1, 0.15) is 18.8 Å². The Labute approximate surface area is 93.0 Å². The van der Waals surface area contributed by atoms with Crippen molar-refractivity contribution in [2.45, 2.75) is 6.42 Å². The highest BCUT2D eigenvalue weighted by Gasteiger charge is 2.05. The Balaban J connectivity index is 2.13. The Morgan fingerprint density at radius 1 is 1.25 bits per heavy atom. The Hall–Kier alpha value is -2.04. The van der Waals surface area contributed by atoms with Crippen molar-refractivity contribution in [3.8, 4) is 5.75 Å². The second-order valence-electron chi connectivity index (χ2n) is 3.08. The molecule has 0 heterocycles. The molecular formula is C11H13NO4. The van der Waals surface area contributed by atoms with Gasteiger partial charge in [0.05, 0.1) is 6.54 Å². The van der Waals surface area contributed by atoms with Crippen molar-refractivity contribution in [3.05, 3.63) is 30.3 Å². The smallest absolute Gasteiger partial charge is 0.312 e. The number of carbonyl (C=O) groups excluding carboxylic acids is 1. The minimum Gasteiger partial charge on any atom is -0.492 e. The van der Waals surface area contributed by atoms with Crippen LogP contribution in [0.15, 0.2) is 30.3 Å². The molecule has 0 saturated heterocycles. The molecule has 0 bridgehead atoms. The molecule has 0 atom stereocenters. The van der Waals surface area contributed by atoms with Crippen molar-refractivity contribution in [1.29, 1.82) is 0 Å². The summed E-state index contributed by atoms with van der Waals surface area (Å²) in [6, 6.07) is 9.18. The minimum atomic E-state index is -1.14. The number of hydrogen-bond acceptors (Lipinski definition) is 3. The molecule has 86 valence electrons. The van der Waals surface area contributed by atoms with Gasteiger partial charge in [-0.3, -0.25) is 9.59 Å². The van der Waals surface area contributed by atoms with E-state index in [0.29, 0.717) is 13.2 Å². The summed E-state index contributed by atoms with van der Waals surface area (Å²) in [4.78, 5) is 21.1. The van der Waals surface area contributed by atoms with Crippen LogP contribution in [0.5, 0.6) is 5.75 Å². The van der Waals surface area contributed by atoms with Gasteiger partial charge < -0.3 is 15.2 Å². The molecule has 1 aromatic rings. The van der Waals surface area contributed by atoms with Gasteiger partial charge in [-0.15, -0.1) is 0 Å². The number of carbonyl (C=O) groups is 2. The Morgan fingerprint density at radius 2 is 1.94 bits per heavy atom. The average Bonchev–Trinajstić information content (AvgIpc) is 2.25. The standard InChI is InChI=1S/C11H13NO4/c13-10(8-11(14)15)12-6-7-16-9-4-2-1-3-5-9/h1-5H,6-8H2,(H,12,13)(H,14,15).